The van der Waals surface area contributed by atoms with E-state index >= 15 is 4.39 Å². The molecule has 1 aliphatic rings. The lowest BCUT2D eigenvalue weighted by Gasteiger charge is -2.14. The van der Waals surface area contributed by atoms with Crippen molar-refractivity contribution < 1.29 is 9.13 Å². The number of rotatable bonds is 5. The van der Waals surface area contributed by atoms with Gasteiger partial charge < -0.3 is 4.74 Å². The average Bonchev–Trinajstić information content (AvgIpc) is 3.48. The Hall–Kier alpha value is -3.70. The van der Waals surface area contributed by atoms with E-state index in [1.807, 2.05) is 13.0 Å². The highest BCUT2D eigenvalue weighted by Crippen LogP contribution is 2.42. The maximum Gasteiger partial charge on any atom is 0.272 e. The van der Waals surface area contributed by atoms with Crippen LogP contribution in [0, 0.1) is 17.1 Å². The molecular formula is C23H17ClFN5O2. The van der Waals surface area contributed by atoms with E-state index in [2.05, 4.69) is 26.5 Å². The highest BCUT2D eigenvalue weighted by Gasteiger charge is 2.29. The van der Waals surface area contributed by atoms with Crippen LogP contribution < -0.4 is 10.3 Å². The first-order valence-corrected chi connectivity index (χ1v) is 10.5. The van der Waals surface area contributed by atoms with Crippen LogP contribution in [0.15, 0.2) is 35.3 Å². The third kappa shape index (κ3) is 3.31. The number of aromatic amines is 2. The fourth-order valence-electron chi connectivity index (χ4n) is 3.76. The summed E-state index contributed by atoms with van der Waals surface area (Å²) in [7, 11) is 0. The summed E-state index contributed by atoms with van der Waals surface area (Å²) in [4.78, 5) is 12.2. The van der Waals surface area contributed by atoms with Crippen molar-refractivity contribution in [2.75, 3.05) is 0 Å². The van der Waals surface area contributed by atoms with Gasteiger partial charge in [0.15, 0.2) is 5.82 Å². The van der Waals surface area contributed by atoms with Gasteiger partial charge in [0.2, 0.25) is 0 Å². The Morgan fingerprint density at radius 2 is 2.09 bits per heavy atom. The van der Waals surface area contributed by atoms with E-state index in [9.17, 15) is 10.1 Å². The zero-order valence-electron chi connectivity index (χ0n) is 17.0. The van der Waals surface area contributed by atoms with E-state index in [4.69, 9.17) is 16.3 Å². The standard InChI is InChI=1S/C23H17ClFN5O2/c1-2-18-14-7-11(3-6-13(14)23(31)30-28-18)16-10-27-29-22(16)20-15(9-26)19(32-12-4-5-12)8-17(24)21(20)25/h3,6-8,10,12H,2,4-5H2,1H3,(H,27,29)(H,30,31). The Labute approximate surface area is 186 Å². The van der Waals surface area contributed by atoms with Crippen molar-refractivity contribution in [2.24, 2.45) is 0 Å². The molecule has 2 aromatic carbocycles. The van der Waals surface area contributed by atoms with Crippen LogP contribution in [0.2, 0.25) is 5.02 Å². The number of halogens is 2. The fraction of sp³-hybridized carbons (Fsp3) is 0.217. The van der Waals surface area contributed by atoms with Crippen LogP contribution in [0.1, 0.15) is 31.0 Å². The van der Waals surface area contributed by atoms with Gasteiger partial charge in [-0.15, -0.1) is 0 Å². The van der Waals surface area contributed by atoms with Gasteiger partial charge in [-0.25, -0.2) is 9.49 Å². The molecule has 5 rings (SSSR count). The smallest absolute Gasteiger partial charge is 0.272 e. The van der Waals surface area contributed by atoms with E-state index in [1.165, 1.54) is 6.07 Å². The summed E-state index contributed by atoms with van der Waals surface area (Å²) in [6, 6.07) is 8.67. The molecule has 7 nitrogen and oxygen atoms in total. The number of hydrogen-bond acceptors (Lipinski definition) is 5. The summed E-state index contributed by atoms with van der Waals surface area (Å²) < 4.78 is 21.0. The van der Waals surface area contributed by atoms with E-state index in [-0.39, 0.29) is 33.6 Å². The maximum atomic E-state index is 15.2. The van der Waals surface area contributed by atoms with Crippen molar-refractivity contribution in [1.82, 2.24) is 20.4 Å². The third-order valence-corrected chi connectivity index (χ3v) is 5.79. The van der Waals surface area contributed by atoms with E-state index in [0.29, 0.717) is 34.0 Å². The second-order valence-electron chi connectivity index (χ2n) is 7.62. The molecule has 0 saturated heterocycles. The first-order valence-electron chi connectivity index (χ1n) is 10.2. The number of benzene rings is 2. The molecule has 0 atom stereocenters. The van der Waals surface area contributed by atoms with Crippen LogP contribution in [-0.4, -0.2) is 26.5 Å². The molecule has 1 aliphatic carbocycles. The predicted molar refractivity (Wildman–Crippen MR) is 118 cm³/mol. The molecule has 32 heavy (non-hydrogen) atoms. The zero-order valence-corrected chi connectivity index (χ0v) is 17.8. The molecular weight excluding hydrogens is 433 g/mol. The fourth-order valence-corrected chi connectivity index (χ4v) is 3.95. The minimum atomic E-state index is -0.731. The number of nitrogens with zero attached hydrogens (tertiary/aromatic N) is 3. The van der Waals surface area contributed by atoms with Gasteiger partial charge in [-0.05, 0) is 37.0 Å². The van der Waals surface area contributed by atoms with Gasteiger partial charge in [0.1, 0.15) is 17.4 Å². The topological polar surface area (TPSA) is 107 Å². The molecule has 2 heterocycles. The average molecular weight is 450 g/mol. The lowest BCUT2D eigenvalue weighted by atomic mass is 9.95. The summed E-state index contributed by atoms with van der Waals surface area (Å²) in [6.45, 7) is 1.94. The number of nitrogens with one attached hydrogen (secondary N) is 2. The van der Waals surface area contributed by atoms with Crippen molar-refractivity contribution in [3.63, 3.8) is 0 Å². The van der Waals surface area contributed by atoms with Crippen molar-refractivity contribution >= 4 is 22.4 Å². The van der Waals surface area contributed by atoms with Gasteiger partial charge in [-0.2, -0.15) is 15.5 Å². The highest BCUT2D eigenvalue weighted by atomic mass is 35.5. The predicted octanol–water partition coefficient (Wildman–Crippen LogP) is 4.75. The first-order chi connectivity index (χ1) is 15.5. The largest absolute Gasteiger partial charge is 0.489 e. The van der Waals surface area contributed by atoms with Gasteiger partial charge in [0, 0.05) is 17.0 Å². The van der Waals surface area contributed by atoms with Gasteiger partial charge >= 0.3 is 0 Å². The van der Waals surface area contributed by atoms with Gasteiger partial charge in [0.05, 0.1) is 39.7 Å². The highest BCUT2D eigenvalue weighted by molar-refractivity contribution is 6.31. The van der Waals surface area contributed by atoms with Crippen LogP contribution in [0.4, 0.5) is 4.39 Å². The Bertz CT molecular complexity index is 1470. The van der Waals surface area contributed by atoms with E-state index < -0.39 is 5.82 Å². The summed E-state index contributed by atoms with van der Waals surface area (Å²) in [5.74, 6) is -0.482. The van der Waals surface area contributed by atoms with Crippen molar-refractivity contribution in [2.45, 2.75) is 32.3 Å². The van der Waals surface area contributed by atoms with Gasteiger partial charge in [0.25, 0.3) is 5.56 Å². The molecule has 4 aromatic rings. The molecule has 1 saturated carbocycles. The van der Waals surface area contributed by atoms with Crippen LogP contribution in [0.5, 0.6) is 5.75 Å². The van der Waals surface area contributed by atoms with Gasteiger partial charge in [-0.1, -0.05) is 24.6 Å². The molecule has 0 spiro atoms. The summed E-state index contributed by atoms with van der Waals surface area (Å²) >= 11 is 6.16. The van der Waals surface area contributed by atoms with Crippen molar-refractivity contribution in [3.05, 3.63) is 62.9 Å². The number of aromatic nitrogens is 4. The third-order valence-electron chi connectivity index (χ3n) is 5.52. The molecule has 9 heteroatoms. The Balaban J connectivity index is 1.72. The summed E-state index contributed by atoms with van der Waals surface area (Å²) in [5, 5.41) is 24.4. The second-order valence-corrected chi connectivity index (χ2v) is 8.03. The quantitative estimate of drug-likeness (QED) is 0.457. The van der Waals surface area contributed by atoms with E-state index in [1.54, 1.807) is 18.3 Å². The number of hydrogen-bond donors (Lipinski definition) is 2. The number of fused-ring (bicyclic) bond motifs is 1. The molecule has 160 valence electrons. The number of ether oxygens (including phenoxy) is 1. The number of nitriles is 1. The summed E-state index contributed by atoms with van der Waals surface area (Å²) in [5.41, 5.74) is 2.06. The number of H-pyrrole nitrogens is 2. The monoisotopic (exact) mass is 449 g/mol. The minimum Gasteiger partial charge on any atom is -0.489 e. The molecule has 1 fully saturated rings. The normalized spacial score (nSPS) is 13.3. The van der Waals surface area contributed by atoms with E-state index in [0.717, 1.165) is 18.5 Å². The van der Waals surface area contributed by atoms with Crippen LogP contribution in [-0.2, 0) is 6.42 Å². The van der Waals surface area contributed by atoms with Crippen LogP contribution in [0.3, 0.4) is 0 Å². The van der Waals surface area contributed by atoms with Crippen LogP contribution in [0.25, 0.3) is 33.2 Å². The molecule has 0 unspecified atom stereocenters. The minimum absolute atomic E-state index is 0.00277. The molecule has 0 bridgehead atoms. The Morgan fingerprint density at radius 3 is 2.81 bits per heavy atom. The van der Waals surface area contributed by atoms with Gasteiger partial charge in [-0.3, -0.25) is 9.89 Å². The molecule has 0 amide bonds. The first kappa shape index (κ1) is 20.2. The Morgan fingerprint density at radius 1 is 1.28 bits per heavy atom. The maximum absolute atomic E-state index is 15.2. The molecule has 0 aliphatic heterocycles. The van der Waals surface area contributed by atoms with Crippen LogP contribution >= 0.6 is 11.6 Å². The lowest BCUT2D eigenvalue weighted by Crippen LogP contribution is -2.10. The molecule has 0 radical (unpaired) electrons. The number of aryl methyl sites for hydroxylation is 1. The SMILES string of the molecule is CCc1n[nH]c(=O)c2ccc(-c3cn[nH]c3-c3c(F)c(Cl)cc(OC4CC4)c3C#N)cc12. The van der Waals surface area contributed by atoms with Crippen molar-refractivity contribution in [3.8, 4) is 34.2 Å². The lowest BCUT2D eigenvalue weighted by molar-refractivity contribution is 0.302. The molecule has 2 N–H and O–H groups in total. The Kier molecular flexibility index (Phi) is 4.91. The zero-order chi connectivity index (χ0) is 22.4. The second kappa shape index (κ2) is 7.77. The molecule has 2 aromatic heterocycles. The van der Waals surface area contributed by atoms with Crippen molar-refractivity contribution in [1.29, 1.82) is 5.26 Å². The summed E-state index contributed by atoms with van der Waals surface area (Å²) in [6.07, 6.45) is 3.95.